The fourth-order valence-corrected chi connectivity index (χ4v) is 2.44. The summed E-state index contributed by atoms with van der Waals surface area (Å²) < 4.78 is 18.9. The van der Waals surface area contributed by atoms with Crippen molar-refractivity contribution in [1.82, 2.24) is 0 Å². The SMILES string of the molecule is CCOC(C(N)Cc1ccc(F)c(Cl)c1)C(C)(C)C. The fourth-order valence-electron chi connectivity index (χ4n) is 2.24. The van der Waals surface area contributed by atoms with E-state index in [1.165, 1.54) is 6.07 Å². The van der Waals surface area contributed by atoms with Crippen molar-refractivity contribution in [3.63, 3.8) is 0 Å². The third-order valence-electron chi connectivity index (χ3n) is 3.04. The van der Waals surface area contributed by atoms with Crippen molar-refractivity contribution in [3.8, 4) is 0 Å². The molecule has 1 aromatic carbocycles. The van der Waals surface area contributed by atoms with E-state index < -0.39 is 5.82 Å². The normalized spacial score (nSPS) is 15.3. The lowest BCUT2D eigenvalue weighted by molar-refractivity contribution is -0.0274. The molecule has 0 saturated carbocycles. The van der Waals surface area contributed by atoms with Gasteiger partial charge in [-0.3, -0.25) is 0 Å². The fraction of sp³-hybridized carbons (Fsp3) is 0.600. The van der Waals surface area contributed by atoms with E-state index in [9.17, 15) is 4.39 Å². The third-order valence-corrected chi connectivity index (χ3v) is 3.33. The Morgan fingerprint density at radius 2 is 2.00 bits per heavy atom. The number of benzene rings is 1. The number of ether oxygens (including phenoxy) is 1. The van der Waals surface area contributed by atoms with Crippen LogP contribution in [-0.2, 0) is 11.2 Å². The van der Waals surface area contributed by atoms with E-state index >= 15 is 0 Å². The molecule has 0 heterocycles. The number of hydrogen-bond acceptors (Lipinski definition) is 2. The molecule has 0 aliphatic rings. The first kappa shape index (κ1) is 16.4. The molecule has 0 spiro atoms. The van der Waals surface area contributed by atoms with Crippen LogP contribution in [0.4, 0.5) is 4.39 Å². The van der Waals surface area contributed by atoms with Crippen LogP contribution in [0.15, 0.2) is 18.2 Å². The zero-order chi connectivity index (χ0) is 14.6. The minimum Gasteiger partial charge on any atom is -0.376 e. The van der Waals surface area contributed by atoms with E-state index in [1.54, 1.807) is 12.1 Å². The molecule has 0 radical (unpaired) electrons. The molecule has 1 aromatic rings. The Labute approximate surface area is 120 Å². The van der Waals surface area contributed by atoms with Crippen LogP contribution in [0.1, 0.15) is 33.3 Å². The van der Waals surface area contributed by atoms with E-state index in [4.69, 9.17) is 22.1 Å². The lowest BCUT2D eigenvalue weighted by Crippen LogP contribution is -2.46. The summed E-state index contributed by atoms with van der Waals surface area (Å²) in [7, 11) is 0. The zero-order valence-electron chi connectivity index (χ0n) is 12.0. The average molecular weight is 288 g/mol. The molecule has 0 aromatic heterocycles. The topological polar surface area (TPSA) is 35.2 Å². The van der Waals surface area contributed by atoms with Crippen molar-refractivity contribution in [1.29, 1.82) is 0 Å². The van der Waals surface area contributed by atoms with Gasteiger partial charge >= 0.3 is 0 Å². The molecule has 4 heteroatoms. The predicted octanol–water partition coefficient (Wildman–Crippen LogP) is 3.80. The van der Waals surface area contributed by atoms with Gasteiger partial charge in [0.15, 0.2) is 0 Å². The number of nitrogens with two attached hydrogens (primary N) is 1. The Kier molecular flexibility index (Phi) is 5.78. The van der Waals surface area contributed by atoms with Crippen LogP contribution in [0.5, 0.6) is 0 Å². The molecule has 0 amide bonds. The third kappa shape index (κ3) is 4.75. The molecule has 0 aliphatic carbocycles. The molecule has 0 bridgehead atoms. The second-order valence-electron chi connectivity index (χ2n) is 5.86. The summed E-state index contributed by atoms with van der Waals surface area (Å²) in [5.41, 5.74) is 7.13. The summed E-state index contributed by atoms with van der Waals surface area (Å²) in [6, 6.07) is 4.56. The van der Waals surface area contributed by atoms with Gasteiger partial charge in [-0.15, -0.1) is 0 Å². The Bertz CT molecular complexity index is 417. The minimum atomic E-state index is -0.406. The van der Waals surface area contributed by atoms with Gasteiger partial charge in [0, 0.05) is 12.6 Å². The second-order valence-corrected chi connectivity index (χ2v) is 6.27. The lowest BCUT2D eigenvalue weighted by atomic mass is 9.82. The summed E-state index contributed by atoms with van der Waals surface area (Å²) in [6.45, 7) is 8.89. The van der Waals surface area contributed by atoms with Crippen LogP contribution in [0.2, 0.25) is 5.02 Å². The van der Waals surface area contributed by atoms with Gasteiger partial charge in [-0.2, -0.15) is 0 Å². The highest BCUT2D eigenvalue weighted by molar-refractivity contribution is 6.30. The molecule has 2 nitrogen and oxygen atoms in total. The second kappa shape index (κ2) is 6.69. The van der Waals surface area contributed by atoms with Crippen LogP contribution >= 0.6 is 11.6 Å². The summed E-state index contributed by atoms with van der Waals surface area (Å²) in [4.78, 5) is 0. The molecular weight excluding hydrogens is 265 g/mol. The lowest BCUT2D eigenvalue weighted by Gasteiger charge is -2.35. The molecule has 0 saturated heterocycles. The predicted molar refractivity (Wildman–Crippen MR) is 78.0 cm³/mol. The van der Waals surface area contributed by atoms with Gasteiger partial charge in [0.2, 0.25) is 0 Å². The van der Waals surface area contributed by atoms with Gasteiger partial charge in [-0.05, 0) is 36.5 Å². The highest BCUT2D eigenvalue weighted by Gasteiger charge is 2.30. The molecule has 19 heavy (non-hydrogen) atoms. The van der Waals surface area contributed by atoms with Crippen LogP contribution in [-0.4, -0.2) is 18.8 Å². The Hall–Kier alpha value is -0.640. The molecule has 2 atom stereocenters. The van der Waals surface area contributed by atoms with Gasteiger partial charge in [0.05, 0.1) is 11.1 Å². The van der Waals surface area contributed by atoms with E-state index in [2.05, 4.69) is 20.8 Å². The first-order valence-corrected chi connectivity index (χ1v) is 6.94. The van der Waals surface area contributed by atoms with Gasteiger partial charge in [-0.1, -0.05) is 38.4 Å². The van der Waals surface area contributed by atoms with Gasteiger partial charge in [0.1, 0.15) is 5.82 Å². The molecule has 108 valence electrons. The quantitative estimate of drug-likeness (QED) is 0.894. The van der Waals surface area contributed by atoms with Crippen molar-refractivity contribution < 1.29 is 9.13 Å². The van der Waals surface area contributed by atoms with Crippen LogP contribution in [0.25, 0.3) is 0 Å². The maximum Gasteiger partial charge on any atom is 0.141 e. The minimum absolute atomic E-state index is 0.0424. The van der Waals surface area contributed by atoms with E-state index in [1.807, 2.05) is 6.92 Å². The first-order chi connectivity index (χ1) is 8.75. The monoisotopic (exact) mass is 287 g/mol. The van der Waals surface area contributed by atoms with Crippen LogP contribution in [0, 0.1) is 11.2 Å². The van der Waals surface area contributed by atoms with Gasteiger partial charge in [-0.25, -0.2) is 4.39 Å². The van der Waals surface area contributed by atoms with Gasteiger partial charge < -0.3 is 10.5 Å². The zero-order valence-corrected chi connectivity index (χ0v) is 12.8. The van der Waals surface area contributed by atoms with E-state index in [-0.39, 0.29) is 22.6 Å². The first-order valence-electron chi connectivity index (χ1n) is 6.56. The molecule has 2 unspecified atom stereocenters. The standard InChI is InChI=1S/C15H23ClFNO/c1-5-19-14(15(2,3)4)13(18)9-10-6-7-12(17)11(16)8-10/h6-8,13-14H,5,9,18H2,1-4H3. The highest BCUT2D eigenvalue weighted by Crippen LogP contribution is 2.26. The Morgan fingerprint density at radius 3 is 2.47 bits per heavy atom. The largest absolute Gasteiger partial charge is 0.376 e. The molecule has 2 N–H and O–H groups in total. The summed E-state index contributed by atoms with van der Waals surface area (Å²) in [5, 5.41) is 0.133. The van der Waals surface area contributed by atoms with Crippen molar-refractivity contribution in [2.24, 2.45) is 11.1 Å². The summed E-state index contributed by atoms with van der Waals surface area (Å²) in [6.07, 6.45) is 0.559. The van der Waals surface area contributed by atoms with E-state index in [0.29, 0.717) is 13.0 Å². The Balaban J connectivity index is 2.81. The molecule has 0 fully saturated rings. The van der Waals surface area contributed by atoms with E-state index in [0.717, 1.165) is 5.56 Å². The average Bonchev–Trinajstić information content (AvgIpc) is 2.29. The number of hydrogen-bond donors (Lipinski definition) is 1. The maximum atomic E-state index is 13.1. The highest BCUT2D eigenvalue weighted by atomic mass is 35.5. The summed E-state index contributed by atoms with van der Waals surface area (Å²) in [5.74, 6) is -0.406. The molecule has 1 rings (SSSR count). The number of rotatable bonds is 5. The summed E-state index contributed by atoms with van der Waals surface area (Å²) >= 11 is 5.78. The van der Waals surface area contributed by atoms with Gasteiger partial charge in [0.25, 0.3) is 0 Å². The van der Waals surface area contributed by atoms with Crippen LogP contribution in [0.3, 0.4) is 0 Å². The van der Waals surface area contributed by atoms with Crippen LogP contribution < -0.4 is 5.73 Å². The maximum absolute atomic E-state index is 13.1. The van der Waals surface area contributed by atoms with Crippen molar-refractivity contribution in [2.75, 3.05) is 6.61 Å². The Morgan fingerprint density at radius 1 is 1.37 bits per heavy atom. The number of halogens is 2. The molecule has 0 aliphatic heterocycles. The smallest absolute Gasteiger partial charge is 0.141 e. The van der Waals surface area contributed by atoms with Crippen molar-refractivity contribution in [2.45, 2.75) is 46.3 Å². The van der Waals surface area contributed by atoms with Crippen molar-refractivity contribution >= 4 is 11.6 Å². The van der Waals surface area contributed by atoms with Crippen molar-refractivity contribution in [3.05, 3.63) is 34.6 Å². The molecular formula is C15H23ClFNO.